The summed E-state index contributed by atoms with van der Waals surface area (Å²) in [7, 11) is 0. The summed E-state index contributed by atoms with van der Waals surface area (Å²) in [5.74, 6) is 1.50. The first-order chi connectivity index (χ1) is 11.8. The van der Waals surface area contributed by atoms with Crippen molar-refractivity contribution in [1.82, 2.24) is 24.7 Å². The molecule has 0 saturated carbocycles. The van der Waals surface area contributed by atoms with Crippen molar-refractivity contribution in [3.05, 3.63) is 66.2 Å². The highest BCUT2D eigenvalue weighted by Crippen LogP contribution is 2.23. The molecule has 4 heterocycles. The summed E-state index contributed by atoms with van der Waals surface area (Å²) in [6.07, 6.45) is 5.36. The predicted octanol–water partition coefficient (Wildman–Crippen LogP) is 2.78. The van der Waals surface area contributed by atoms with Crippen molar-refractivity contribution in [2.75, 3.05) is 5.32 Å². The van der Waals surface area contributed by atoms with Crippen LogP contribution >= 0.6 is 0 Å². The lowest BCUT2D eigenvalue weighted by Crippen LogP contribution is -2.08. The van der Waals surface area contributed by atoms with Gasteiger partial charge in [0.15, 0.2) is 5.82 Å². The minimum atomic E-state index is 0.539. The third kappa shape index (κ3) is 2.83. The molecule has 0 atom stereocenters. The van der Waals surface area contributed by atoms with E-state index in [-0.39, 0.29) is 0 Å². The van der Waals surface area contributed by atoms with E-state index in [4.69, 9.17) is 4.52 Å². The van der Waals surface area contributed by atoms with E-state index >= 15 is 0 Å². The summed E-state index contributed by atoms with van der Waals surface area (Å²) >= 11 is 0. The molecule has 0 aromatic carbocycles. The van der Waals surface area contributed by atoms with Gasteiger partial charge in [0.1, 0.15) is 23.3 Å². The Labute approximate surface area is 138 Å². The van der Waals surface area contributed by atoms with Gasteiger partial charge >= 0.3 is 0 Å². The monoisotopic (exact) mass is 320 g/mol. The summed E-state index contributed by atoms with van der Waals surface area (Å²) < 4.78 is 6.97. The Morgan fingerprint density at radius 3 is 2.88 bits per heavy atom. The standard InChI is InChI=1S/C17H16N6O/c1-12-20-15-5-8-23(11-14-4-2-3-7-18-14)16(15)17(21-12)19-10-13-6-9-24-22-13/h2-9H,10-11H2,1H3,(H,19,20,21). The van der Waals surface area contributed by atoms with Gasteiger partial charge in [0.25, 0.3) is 0 Å². The second-order valence-corrected chi connectivity index (χ2v) is 5.46. The fourth-order valence-corrected chi connectivity index (χ4v) is 2.65. The molecule has 0 amide bonds. The molecule has 4 rings (SSSR count). The van der Waals surface area contributed by atoms with Crippen LogP contribution in [0.5, 0.6) is 0 Å². The fourth-order valence-electron chi connectivity index (χ4n) is 2.65. The molecule has 7 heteroatoms. The average Bonchev–Trinajstić information content (AvgIpc) is 3.24. The van der Waals surface area contributed by atoms with Crippen molar-refractivity contribution < 1.29 is 4.52 Å². The van der Waals surface area contributed by atoms with Crippen LogP contribution in [0.15, 0.2) is 53.5 Å². The predicted molar refractivity (Wildman–Crippen MR) is 89.4 cm³/mol. The zero-order chi connectivity index (χ0) is 16.4. The number of hydrogen-bond donors (Lipinski definition) is 1. The van der Waals surface area contributed by atoms with Crippen molar-refractivity contribution in [3.63, 3.8) is 0 Å². The van der Waals surface area contributed by atoms with Crippen molar-refractivity contribution in [2.24, 2.45) is 0 Å². The van der Waals surface area contributed by atoms with Crippen LogP contribution in [0.25, 0.3) is 11.0 Å². The second kappa shape index (κ2) is 6.11. The van der Waals surface area contributed by atoms with E-state index < -0.39 is 0 Å². The molecule has 0 aliphatic rings. The molecule has 1 N–H and O–H groups in total. The number of pyridine rings is 1. The molecular weight excluding hydrogens is 304 g/mol. The average molecular weight is 320 g/mol. The van der Waals surface area contributed by atoms with E-state index in [9.17, 15) is 0 Å². The van der Waals surface area contributed by atoms with Gasteiger partial charge in [-0.2, -0.15) is 0 Å². The van der Waals surface area contributed by atoms with Crippen molar-refractivity contribution >= 4 is 16.9 Å². The maximum Gasteiger partial charge on any atom is 0.154 e. The van der Waals surface area contributed by atoms with Crippen LogP contribution in [-0.4, -0.2) is 24.7 Å². The topological polar surface area (TPSA) is 81.7 Å². The number of hydrogen-bond acceptors (Lipinski definition) is 6. The van der Waals surface area contributed by atoms with E-state index in [2.05, 4.69) is 30.0 Å². The zero-order valence-corrected chi connectivity index (χ0v) is 13.2. The smallest absolute Gasteiger partial charge is 0.154 e. The Balaban J connectivity index is 1.70. The van der Waals surface area contributed by atoms with Crippen LogP contribution < -0.4 is 5.32 Å². The highest BCUT2D eigenvalue weighted by atomic mass is 16.5. The summed E-state index contributed by atoms with van der Waals surface area (Å²) in [6.45, 7) is 3.09. The molecule has 4 aromatic heterocycles. The molecule has 0 fully saturated rings. The lowest BCUT2D eigenvalue weighted by molar-refractivity contribution is 0.412. The summed E-state index contributed by atoms with van der Waals surface area (Å²) in [5, 5.41) is 7.24. The highest BCUT2D eigenvalue weighted by molar-refractivity contribution is 5.86. The normalized spacial score (nSPS) is 11.0. The van der Waals surface area contributed by atoms with E-state index in [1.165, 1.54) is 0 Å². The quantitative estimate of drug-likeness (QED) is 0.609. The molecule has 120 valence electrons. The largest absolute Gasteiger partial charge is 0.364 e. The third-order valence-corrected chi connectivity index (χ3v) is 3.71. The third-order valence-electron chi connectivity index (χ3n) is 3.71. The molecule has 24 heavy (non-hydrogen) atoms. The van der Waals surface area contributed by atoms with Gasteiger partial charge in [-0.3, -0.25) is 4.98 Å². The fraction of sp³-hybridized carbons (Fsp3) is 0.176. The molecule has 0 unspecified atom stereocenters. The van der Waals surface area contributed by atoms with Gasteiger partial charge in [-0.1, -0.05) is 11.2 Å². The maximum absolute atomic E-state index is 4.87. The van der Waals surface area contributed by atoms with Gasteiger partial charge in [0.2, 0.25) is 0 Å². The molecule has 4 aromatic rings. The number of aromatic nitrogens is 5. The molecule has 0 spiro atoms. The number of aryl methyl sites for hydroxylation is 1. The summed E-state index contributed by atoms with van der Waals surface area (Å²) in [6, 6.07) is 9.72. The first kappa shape index (κ1) is 14.4. The molecule has 0 radical (unpaired) electrons. The van der Waals surface area contributed by atoms with Gasteiger partial charge in [0, 0.05) is 18.5 Å². The number of anilines is 1. The number of nitrogens with one attached hydrogen (secondary N) is 1. The number of nitrogens with zero attached hydrogens (tertiary/aromatic N) is 5. The molecular formula is C17H16N6O. The number of fused-ring (bicyclic) bond motifs is 1. The maximum atomic E-state index is 4.87. The molecule has 0 saturated heterocycles. The van der Waals surface area contributed by atoms with Gasteiger partial charge < -0.3 is 14.4 Å². The van der Waals surface area contributed by atoms with Crippen LogP contribution in [0, 0.1) is 6.92 Å². The van der Waals surface area contributed by atoms with Gasteiger partial charge in [-0.05, 0) is 25.1 Å². The number of rotatable bonds is 5. The van der Waals surface area contributed by atoms with Crippen LogP contribution in [0.4, 0.5) is 5.82 Å². The van der Waals surface area contributed by atoms with Gasteiger partial charge in [-0.15, -0.1) is 0 Å². The Morgan fingerprint density at radius 2 is 2.08 bits per heavy atom. The van der Waals surface area contributed by atoms with Crippen molar-refractivity contribution in [3.8, 4) is 0 Å². The van der Waals surface area contributed by atoms with Gasteiger partial charge in [-0.25, -0.2) is 9.97 Å². The van der Waals surface area contributed by atoms with E-state index in [1.54, 1.807) is 12.5 Å². The molecule has 0 aliphatic heterocycles. The summed E-state index contributed by atoms with van der Waals surface area (Å²) in [4.78, 5) is 13.5. The first-order valence-electron chi connectivity index (χ1n) is 7.66. The highest BCUT2D eigenvalue weighted by Gasteiger charge is 2.12. The lowest BCUT2D eigenvalue weighted by Gasteiger charge is -2.10. The van der Waals surface area contributed by atoms with Crippen LogP contribution in [-0.2, 0) is 13.1 Å². The minimum Gasteiger partial charge on any atom is -0.364 e. The van der Waals surface area contributed by atoms with Crippen LogP contribution in [0.1, 0.15) is 17.2 Å². The Morgan fingerprint density at radius 1 is 1.12 bits per heavy atom. The zero-order valence-electron chi connectivity index (χ0n) is 13.2. The Kier molecular flexibility index (Phi) is 3.66. The molecule has 0 bridgehead atoms. The first-order valence-corrected chi connectivity index (χ1v) is 7.66. The molecule has 0 aliphatic carbocycles. The summed E-state index contributed by atoms with van der Waals surface area (Å²) in [5.41, 5.74) is 3.66. The van der Waals surface area contributed by atoms with E-state index in [0.29, 0.717) is 13.1 Å². The minimum absolute atomic E-state index is 0.539. The van der Waals surface area contributed by atoms with Crippen LogP contribution in [0.3, 0.4) is 0 Å². The Hall–Kier alpha value is -3.22. The second-order valence-electron chi connectivity index (χ2n) is 5.46. The van der Waals surface area contributed by atoms with Gasteiger partial charge in [0.05, 0.1) is 24.3 Å². The van der Waals surface area contributed by atoms with Crippen molar-refractivity contribution in [2.45, 2.75) is 20.0 Å². The van der Waals surface area contributed by atoms with E-state index in [1.807, 2.05) is 43.5 Å². The lowest BCUT2D eigenvalue weighted by atomic mass is 10.3. The molecule has 7 nitrogen and oxygen atoms in total. The van der Waals surface area contributed by atoms with Crippen LogP contribution in [0.2, 0.25) is 0 Å². The SMILES string of the molecule is Cc1nc(NCc2ccon2)c2c(ccn2Cc2ccccn2)n1. The Bertz CT molecular complexity index is 946. The van der Waals surface area contributed by atoms with Crippen molar-refractivity contribution in [1.29, 1.82) is 0 Å². The van der Waals surface area contributed by atoms with E-state index in [0.717, 1.165) is 34.1 Å².